The number of alkyl halides is 3. The van der Waals surface area contributed by atoms with Crippen LogP contribution in [0.15, 0.2) is 42.9 Å². The number of rotatable bonds is 2. The number of imidazole rings is 1. The molecule has 4 rings (SSSR count). The Morgan fingerprint density at radius 1 is 1.19 bits per heavy atom. The van der Waals surface area contributed by atoms with E-state index in [2.05, 4.69) is 4.98 Å². The van der Waals surface area contributed by atoms with E-state index in [4.69, 9.17) is 0 Å². The summed E-state index contributed by atoms with van der Waals surface area (Å²) in [6, 6.07) is 7.41. The molecule has 1 aromatic carbocycles. The van der Waals surface area contributed by atoms with Gasteiger partial charge in [-0.25, -0.2) is 4.98 Å². The number of amides is 1. The lowest BCUT2D eigenvalue weighted by Crippen LogP contribution is -2.39. The zero-order valence-electron chi connectivity index (χ0n) is 14.8. The highest BCUT2D eigenvalue weighted by Crippen LogP contribution is 2.33. The number of aromatic nitrogens is 3. The molecule has 1 amide bonds. The van der Waals surface area contributed by atoms with Crippen molar-refractivity contribution in [3.05, 3.63) is 54.1 Å². The average Bonchev–Trinajstić information content (AvgIpc) is 3.26. The van der Waals surface area contributed by atoms with Gasteiger partial charge >= 0.3 is 6.18 Å². The van der Waals surface area contributed by atoms with Crippen LogP contribution in [0.2, 0.25) is 0 Å². The standard InChI is InChI=1S/C19H19F3N4O/c1-24-8-2-3-17(24)18(27)25-9-6-14(7-10-25)26-12-23-15-11-13(19(20,21)22)4-5-16(15)26/h2-5,8,11-12,14H,6-7,9-10H2,1H3. The zero-order chi connectivity index (χ0) is 19.2. The molecule has 0 bridgehead atoms. The summed E-state index contributed by atoms with van der Waals surface area (Å²) in [7, 11) is 1.84. The molecule has 8 heteroatoms. The summed E-state index contributed by atoms with van der Waals surface area (Å²) in [5.74, 6) is 0.00579. The molecule has 1 saturated heterocycles. The molecular formula is C19H19F3N4O. The van der Waals surface area contributed by atoms with E-state index < -0.39 is 11.7 Å². The lowest BCUT2D eigenvalue weighted by molar-refractivity contribution is -0.137. The fraction of sp³-hybridized carbons (Fsp3) is 0.368. The summed E-state index contributed by atoms with van der Waals surface area (Å²) in [5.41, 5.74) is 0.992. The molecule has 0 unspecified atom stereocenters. The number of carbonyl (C=O) groups is 1. The van der Waals surface area contributed by atoms with Gasteiger partial charge in [0.2, 0.25) is 0 Å². The number of piperidine rings is 1. The normalized spacial score (nSPS) is 16.2. The van der Waals surface area contributed by atoms with Crippen LogP contribution in [0.1, 0.15) is 34.9 Å². The molecular weight excluding hydrogens is 357 g/mol. The molecule has 5 nitrogen and oxygen atoms in total. The van der Waals surface area contributed by atoms with Crippen LogP contribution in [-0.2, 0) is 13.2 Å². The number of hydrogen-bond donors (Lipinski definition) is 0. The van der Waals surface area contributed by atoms with Gasteiger partial charge < -0.3 is 14.0 Å². The number of aryl methyl sites for hydroxylation is 1. The molecule has 1 fully saturated rings. The highest BCUT2D eigenvalue weighted by Gasteiger charge is 2.31. The second kappa shape index (κ2) is 6.44. The average molecular weight is 376 g/mol. The summed E-state index contributed by atoms with van der Waals surface area (Å²) >= 11 is 0. The first kappa shape index (κ1) is 17.6. The minimum atomic E-state index is -4.37. The van der Waals surface area contributed by atoms with Crippen LogP contribution < -0.4 is 0 Å². The Kier molecular flexibility index (Phi) is 4.20. The molecule has 0 saturated carbocycles. The molecule has 1 aliphatic rings. The van der Waals surface area contributed by atoms with Crippen LogP contribution in [-0.4, -0.2) is 38.0 Å². The first-order valence-corrected chi connectivity index (χ1v) is 8.79. The van der Waals surface area contributed by atoms with Crippen molar-refractivity contribution < 1.29 is 18.0 Å². The van der Waals surface area contributed by atoms with E-state index in [1.54, 1.807) is 17.0 Å². The summed E-state index contributed by atoms with van der Waals surface area (Å²) in [6.45, 7) is 1.21. The number of likely N-dealkylation sites (tertiary alicyclic amines) is 1. The van der Waals surface area contributed by atoms with Gasteiger partial charge in [0.1, 0.15) is 5.69 Å². The largest absolute Gasteiger partial charge is 0.416 e. The van der Waals surface area contributed by atoms with Gasteiger partial charge in [-0.3, -0.25) is 4.79 Å². The van der Waals surface area contributed by atoms with Crippen molar-refractivity contribution in [2.75, 3.05) is 13.1 Å². The molecule has 1 aliphatic heterocycles. The maximum absolute atomic E-state index is 12.9. The molecule has 0 spiro atoms. The van der Waals surface area contributed by atoms with Crippen molar-refractivity contribution in [3.63, 3.8) is 0 Å². The Balaban J connectivity index is 1.50. The number of benzene rings is 1. The number of hydrogen-bond acceptors (Lipinski definition) is 2. The fourth-order valence-corrected chi connectivity index (χ4v) is 3.69. The van der Waals surface area contributed by atoms with Crippen molar-refractivity contribution in [2.24, 2.45) is 7.05 Å². The van der Waals surface area contributed by atoms with Crippen molar-refractivity contribution >= 4 is 16.9 Å². The number of fused-ring (bicyclic) bond motifs is 1. The SMILES string of the molecule is Cn1cccc1C(=O)N1CCC(n2cnc3cc(C(F)(F)F)ccc32)CC1. The van der Waals surface area contributed by atoms with Gasteiger partial charge in [-0.2, -0.15) is 13.2 Å². The molecule has 0 N–H and O–H groups in total. The van der Waals surface area contributed by atoms with E-state index in [1.807, 2.05) is 28.8 Å². The third-order valence-electron chi connectivity index (χ3n) is 5.21. The van der Waals surface area contributed by atoms with Gasteiger partial charge in [-0.05, 0) is 43.2 Å². The van der Waals surface area contributed by atoms with Gasteiger partial charge in [-0.15, -0.1) is 0 Å². The van der Waals surface area contributed by atoms with Crippen LogP contribution in [0.5, 0.6) is 0 Å². The first-order valence-electron chi connectivity index (χ1n) is 8.79. The maximum atomic E-state index is 12.9. The van der Waals surface area contributed by atoms with E-state index in [-0.39, 0.29) is 11.9 Å². The summed E-state index contributed by atoms with van der Waals surface area (Å²) in [6.07, 6.45) is 0.545. The number of nitrogens with zero attached hydrogens (tertiary/aromatic N) is 4. The van der Waals surface area contributed by atoms with Crippen LogP contribution >= 0.6 is 0 Å². The van der Waals surface area contributed by atoms with Gasteiger partial charge in [0, 0.05) is 32.4 Å². The third kappa shape index (κ3) is 3.20. The second-order valence-corrected chi connectivity index (χ2v) is 6.88. The topological polar surface area (TPSA) is 43.1 Å². The highest BCUT2D eigenvalue weighted by atomic mass is 19.4. The van der Waals surface area contributed by atoms with Crippen LogP contribution in [0, 0.1) is 0 Å². The molecule has 142 valence electrons. The predicted molar refractivity (Wildman–Crippen MR) is 94.3 cm³/mol. The lowest BCUT2D eigenvalue weighted by atomic mass is 10.0. The second-order valence-electron chi connectivity index (χ2n) is 6.88. The molecule has 0 aliphatic carbocycles. The van der Waals surface area contributed by atoms with Crippen molar-refractivity contribution in [3.8, 4) is 0 Å². The molecule has 2 aromatic heterocycles. The molecule has 27 heavy (non-hydrogen) atoms. The van der Waals surface area contributed by atoms with Crippen molar-refractivity contribution in [2.45, 2.75) is 25.1 Å². The Bertz CT molecular complexity index is 980. The van der Waals surface area contributed by atoms with E-state index >= 15 is 0 Å². The molecule has 3 heterocycles. The van der Waals surface area contributed by atoms with Crippen LogP contribution in [0.3, 0.4) is 0 Å². The summed E-state index contributed by atoms with van der Waals surface area (Å²) in [5, 5.41) is 0. The van der Waals surface area contributed by atoms with Crippen molar-refractivity contribution in [1.82, 2.24) is 19.0 Å². The Hall–Kier alpha value is -2.77. The van der Waals surface area contributed by atoms with E-state index in [0.29, 0.717) is 29.8 Å². The monoisotopic (exact) mass is 376 g/mol. The highest BCUT2D eigenvalue weighted by molar-refractivity contribution is 5.92. The van der Waals surface area contributed by atoms with Gasteiger partial charge in [0.25, 0.3) is 5.91 Å². The minimum absolute atomic E-state index is 0.00579. The maximum Gasteiger partial charge on any atom is 0.416 e. The zero-order valence-corrected chi connectivity index (χ0v) is 14.8. The van der Waals surface area contributed by atoms with Crippen LogP contribution in [0.4, 0.5) is 13.2 Å². The van der Waals surface area contributed by atoms with Crippen LogP contribution in [0.25, 0.3) is 11.0 Å². The summed E-state index contributed by atoms with van der Waals surface area (Å²) in [4.78, 5) is 18.6. The van der Waals surface area contributed by atoms with E-state index in [0.717, 1.165) is 25.0 Å². The Morgan fingerprint density at radius 2 is 1.93 bits per heavy atom. The first-order chi connectivity index (χ1) is 12.8. The van der Waals surface area contributed by atoms with E-state index in [1.165, 1.54) is 6.07 Å². The lowest BCUT2D eigenvalue weighted by Gasteiger charge is -2.33. The smallest absolute Gasteiger partial charge is 0.347 e. The third-order valence-corrected chi connectivity index (χ3v) is 5.21. The van der Waals surface area contributed by atoms with E-state index in [9.17, 15) is 18.0 Å². The molecule has 0 atom stereocenters. The van der Waals surface area contributed by atoms with Gasteiger partial charge in [-0.1, -0.05) is 0 Å². The molecule has 3 aromatic rings. The van der Waals surface area contributed by atoms with Gasteiger partial charge in [0.15, 0.2) is 0 Å². The summed E-state index contributed by atoms with van der Waals surface area (Å²) < 4.78 is 42.3. The molecule has 0 radical (unpaired) electrons. The number of carbonyl (C=O) groups excluding carboxylic acids is 1. The Labute approximate surface area is 154 Å². The quantitative estimate of drug-likeness (QED) is 0.681. The Morgan fingerprint density at radius 3 is 2.56 bits per heavy atom. The minimum Gasteiger partial charge on any atom is -0.347 e. The fourth-order valence-electron chi connectivity index (χ4n) is 3.69. The van der Waals surface area contributed by atoms with Gasteiger partial charge in [0.05, 0.1) is 22.9 Å². The van der Waals surface area contributed by atoms with Crippen molar-refractivity contribution in [1.29, 1.82) is 0 Å². The predicted octanol–water partition coefficient (Wildman–Crippen LogP) is 3.87. The number of halogens is 3.